The molecule has 1 aliphatic heterocycles. The topological polar surface area (TPSA) is 55.8 Å². The number of hydrogen-bond acceptors (Lipinski definition) is 4. The van der Waals surface area contributed by atoms with Crippen molar-refractivity contribution in [1.82, 2.24) is 0 Å². The number of nitrogens with zero attached hydrogens (tertiary/aromatic N) is 1. The first-order chi connectivity index (χ1) is 9.08. The van der Waals surface area contributed by atoms with Crippen LogP contribution < -0.4 is 9.64 Å². The lowest BCUT2D eigenvalue weighted by Gasteiger charge is -2.25. The van der Waals surface area contributed by atoms with Gasteiger partial charge in [0.25, 0.3) is 0 Å². The molecule has 1 amide bonds. The van der Waals surface area contributed by atoms with E-state index in [9.17, 15) is 9.59 Å². The van der Waals surface area contributed by atoms with Gasteiger partial charge in [-0.1, -0.05) is 6.07 Å². The molecule has 2 rings (SSSR count). The summed E-state index contributed by atoms with van der Waals surface area (Å²) in [6.45, 7) is 1.93. The second-order valence-corrected chi connectivity index (χ2v) is 4.52. The molecular weight excluding hydrogens is 246 g/mol. The highest BCUT2D eigenvalue weighted by atomic mass is 16.5. The average molecular weight is 263 g/mol. The Kier molecular flexibility index (Phi) is 3.74. The van der Waals surface area contributed by atoms with Crippen molar-refractivity contribution in [2.24, 2.45) is 0 Å². The zero-order chi connectivity index (χ0) is 14.0. The molecule has 5 nitrogen and oxygen atoms in total. The minimum atomic E-state index is -0.562. The van der Waals surface area contributed by atoms with Crippen LogP contribution in [0.25, 0.3) is 0 Å². The van der Waals surface area contributed by atoms with E-state index in [0.29, 0.717) is 24.3 Å². The van der Waals surface area contributed by atoms with Crippen LogP contribution in [-0.2, 0) is 14.3 Å². The Morgan fingerprint density at radius 3 is 2.74 bits per heavy atom. The highest BCUT2D eigenvalue weighted by Gasteiger charge is 2.39. The van der Waals surface area contributed by atoms with E-state index in [1.54, 1.807) is 13.2 Å². The SMILES string of the molecule is COC(=O)C1CCC(=O)N1c1cc(C)ccc1OC. The number of esters is 1. The van der Waals surface area contributed by atoms with Crippen LogP contribution in [0.3, 0.4) is 0 Å². The number of benzene rings is 1. The smallest absolute Gasteiger partial charge is 0.328 e. The predicted octanol–water partition coefficient (Wildman–Crippen LogP) is 1.67. The molecule has 1 unspecified atom stereocenters. The zero-order valence-corrected chi connectivity index (χ0v) is 11.3. The van der Waals surface area contributed by atoms with Gasteiger partial charge in [0.2, 0.25) is 5.91 Å². The van der Waals surface area contributed by atoms with E-state index in [-0.39, 0.29) is 5.91 Å². The van der Waals surface area contributed by atoms with Gasteiger partial charge in [0.05, 0.1) is 19.9 Å². The van der Waals surface area contributed by atoms with Gasteiger partial charge < -0.3 is 9.47 Å². The maximum Gasteiger partial charge on any atom is 0.328 e. The molecule has 5 heteroatoms. The molecule has 1 atom stereocenters. The third-order valence-corrected chi connectivity index (χ3v) is 3.28. The third kappa shape index (κ3) is 2.41. The molecule has 1 fully saturated rings. The van der Waals surface area contributed by atoms with Crippen molar-refractivity contribution in [3.05, 3.63) is 23.8 Å². The molecule has 0 N–H and O–H groups in total. The summed E-state index contributed by atoms with van der Waals surface area (Å²) in [6, 6.07) is 4.98. The van der Waals surface area contributed by atoms with Crippen LogP contribution >= 0.6 is 0 Å². The van der Waals surface area contributed by atoms with Gasteiger partial charge in [-0.15, -0.1) is 0 Å². The van der Waals surface area contributed by atoms with Crippen LogP contribution in [0.15, 0.2) is 18.2 Å². The molecule has 102 valence electrons. The Balaban J connectivity index is 2.45. The Bertz CT molecular complexity index is 512. The molecule has 19 heavy (non-hydrogen) atoms. The molecule has 0 spiro atoms. The van der Waals surface area contributed by atoms with Crippen molar-refractivity contribution in [2.45, 2.75) is 25.8 Å². The summed E-state index contributed by atoms with van der Waals surface area (Å²) in [6.07, 6.45) is 0.819. The first kappa shape index (κ1) is 13.4. The summed E-state index contributed by atoms with van der Waals surface area (Å²) in [5.74, 6) is 0.100. The normalized spacial score (nSPS) is 18.6. The monoisotopic (exact) mass is 263 g/mol. The number of carbonyl (C=O) groups is 2. The molecule has 1 aliphatic rings. The van der Waals surface area contributed by atoms with Gasteiger partial charge >= 0.3 is 5.97 Å². The number of aryl methyl sites for hydroxylation is 1. The van der Waals surface area contributed by atoms with Crippen molar-refractivity contribution in [2.75, 3.05) is 19.1 Å². The standard InChI is InChI=1S/C14H17NO4/c1-9-4-6-12(18-2)11(8-9)15-10(14(17)19-3)5-7-13(15)16/h4,6,8,10H,5,7H2,1-3H3. The van der Waals surface area contributed by atoms with E-state index in [0.717, 1.165) is 5.56 Å². The number of rotatable bonds is 3. The summed E-state index contributed by atoms with van der Waals surface area (Å²) in [7, 11) is 2.87. The summed E-state index contributed by atoms with van der Waals surface area (Å²) in [4.78, 5) is 25.3. The fourth-order valence-electron chi connectivity index (χ4n) is 2.33. The number of hydrogen-bond donors (Lipinski definition) is 0. The van der Waals surface area contributed by atoms with Crippen LogP contribution in [0.5, 0.6) is 5.75 Å². The quantitative estimate of drug-likeness (QED) is 0.778. The van der Waals surface area contributed by atoms with E-state index < -0.39 is 12.0 Å². The Hall–Kier alpha value is -2.04. The van der Waals surface area contributed by atoms with Gasteiger partial charge in [-0.25, -0.2) is 4.79 Å². The maximum atomic E-state index is 12.0. The summed E-state index contributed by atoms with van der Waals surface area (Å²) in [5.41, 5.74) is 1.62. The van der Waals surface area contributed by atoms with E-state index in [1.165, 1.54) is 12.0 Å². The van der Waals surface area contributed by atoms with E-state index in [2.05, 4.69) is 0 Å². The van der Waals surface area contributed by atoms with Crippen LogP contribution in [0.4, 0.5) is 5.69 Å². The van der Waals surface area contributed by atoms with Crippen LogP contribution in [0.2, 0.25) is 0 Å². The van der Waals surface area contributed by atoms with Gasteiger partial charge in [0, 0.05) is 6.42 Å². The van der Waals surface area contributed by atoms with E-state index in [4.69, 9.17) is 9.47 Å². The highest BCUT2D eigenvalue weighted by molar-refractivity contribution is 6.03. The van der Waals surface area contributed by atoms with Crippen molar-refractivity contribution in [1.29, 1.82) is 0 Å². The van der Waals surface area contributed by atoms with Crippen molar-refractivity contribution in [3.63, 3.8) is 0 Å². The second kappa shape index (κ2) is 5.30. The number of anilines is 1. The molecule has 1 aromatic carbocycles. The van der Waals surface area contributed by atoms with Crippen LogP contribution in [0.1, 0.15) is 18.4 Å². The average Bonchev–Trinajstić information content (AvgIpc) is 2.79. The lowest BCUT2D eigenvalue weighted by molar-refractivity contribution is -0.142. The second-order valence-electron chi connectivity index (χ2n) is 4.52. The highest BCUT2D eigenvalue weighted by Crippen LogP contribution is 2.35. The maximum absolute atomic E-state index is 12.0. The molecule has 1 saturated heterocycles. The molecule has 1 heterocycles. The zero-order valence-electron chi connectivity index (χ0n) is 11.3. The van der Waals surface area contributed by atoms with Gasteiger partial charge in [-0.3, -0.25) is 9.69 Å². The van der Waals surface area contributed by atoms with Gasteiger partial charge in [-0.2, -0.15) is 0 Å². The molecule has 0 radical (unpaired) electrons. The lowest BCUT2D eigenvalue weighted by atomic mass is 10.1. The summed E-state index contributed by atoms with van der Waals surface area (Å²) in [5, 5.41) is 0. The molecule has 0 aliphatic carbocycles. The summed E-state index contributed by atoms with van der Waals surface area (Å²) >= 11 is 0. The number of amides is 1. The van der Waals surface area contributed by atoms with Crippen LogP contribution in [-0.4, -0.2) is 32.1 Å². The fourth-order valence-corrected chi connectivity index (χ4v) is 2.33. The predicted molar refractivity (Wildman–Crippen MR) is 70.3 cm³/mol. The molecule has 0 aromatic heterocycles. The third-order valence-electron chi connectivity index (χ3n) is 3.28. The first-order valence-electron chi connectivity index (χ1n) is 6.13. The number of carbonyl (C=O) groups excluding carboxylic acids is 2. The number of methoxy groups -OCH3 is 2. The van der Waals surface area contributed by atoms with Crippen molar-refractivity contribution < 1.29 is 19.1 Å². The van der Waals surface area contributed by atoms with Gasteiger partial charge in [0.1, 0.15) is 11.8 Å². The fraction of sp³-hybridized carbons (Fsp3) is 0.429. The van der Waals surface area contributed by atoms with Crippen molar-refractivity contribution in [3.8, 4) is 5.75 Å². The molecular formula is C14H17NO4. The van der Waals surface area contributed by atoms with Crippen molar-refractivity contribution >= 4 is 17.6 Å². The minimum Gasteiger partial charge on any atom is -0.495 e. The largest absolute Gasteiger partial charge is 0.495 e. The van der Waals surface area contributed by atoms with E-state index >= 15 is 0 Å². The molecule has 0 bridgehead atoms. The molecule has 1 aromatic rings. The van der Waals surface area contributed by atoms with E-state index in [1.807, 2.05) is 19.1 Å². The first-order valence-corrected chi connectivity index (χ1v) is 6.13. The number of ether oxygens (including phenoxy) is 2. The Morgan fingerprint density at radius 2 is 2.11 bits per heavy atom. The Labute approximate surface area is 112 Å². The summed E-state index contributed by atoms with van der Waals surface area (Å²) < 4.78 is 10.0. The van der Waals surface area contributed by atoms with Crippen LogP contribution in [0, 0.1) is 6.92 Å². The van der Waals surface area contributed by atoms with Gasteiger partial charge in [-0.05, 0) is 31.0 Å². The Morgan fingerprint density at radius 1 is 1.37 bits per heavy atom. The van der Waals surface area contributed by atoms with Gasteiger partial charge in [0.15, 0.2) is 0 Å². The lowest BCUT2D eigenvalue weighted by Crippen LogP contribution is -2.39. The minimum absolute atomic E-state index is 0.0840. The molecule has 0 saturated carbocycles.